The summed E-state index contributed by atoms with van der Waals surface area (Å²) in [6, 6.07) is 2.24. The Hall–Kier alpha value is -2.05. The van der Waals surface area contributed by atoms with Gasteiger partial charge in [-0.3, -0.25) is 4.79 Å². The normalized spacial score (nSPS) is 17.6. The minimum Gasteiger partial charge on any atom is -0.538 e. The highest BCUT2D eigenvalue weighted by Crippen LogP contribution is 2.39. The van der Waals surface area contributed by atoms with E-state index in [1.165, 1.54) is 20.9 Å². The van der Waals surface area contributed by atoms with Crippen molar-refractivity contribution in [3.05, 3.63) is 16.0 Å². The number of carbonyl (C=O) groups is 1. The smallest absolute Gasteiger partial charge is 0.291 e. The summed E-state index contributed by atoms with van der Waals surface area (Å²) < 4.78 is 5.87. The van der Waals surface area contributed by atoms with Gasteiger partial charge in [0.05, 0.1) is 16.1 Å². The third-order valence-electron chi connectivity index (χ3n) is 4.23. The maximum absolute atomic E-state index is 12.5. The lowest BCUT2D eigenvalue weighted by molar-refractivity contribution is -0.772. The summed E-state index contributed by atoms with van der Waals surface area (Å²) in [5.74, 6) is -0.223. The number of amides is 1. The maximum Gasteiger partial charge on any atom is 0.291 e. The highest BCUT2D eigenvalue weighted by atomic mass is 32.2. The predicted molar refractivity (Wildman–Crippen MR) is 91.3 cm³/mol. The molecule has 2 aromatic heterocycles. The molecule has 0 saturated carbocycles. The number of anilines is 1. The molecular weight excluding hydrogens is 360 g/mol. The van der Waals surface area contributed by atoms with Crippen molar-refractivity contribution in [2.75, 3.05) is 5.32 Å². The van der Waals surface area contributed by atoms with E-state index < -0.39 is 11.2 Å². The molecule has 0 radical (unpaired) electrons. The molecular formula is C16H18N4O3S2. The fourth-order valence-corrected chi connectivity index (χ4v) is 5.01. The van der Waals surface area contributed by atoms with Gasteiger partial charge >= 0.3 is 0 Å². The van der Waals surface area contributed by atoms with Gasteiger partial charge in [0.15, 0.2) is 13.0 Å². The van der Waals surface area contributed by atoms with Crippen molar-refractivity contribution >= 4 is 34.0 Å². The van der Waals surface area contributed by atoms with Crippen LogP contribution in [0.5, 0.6) is 5.95 Å². The van der Waals surface area contributed by atoms with E-state index in [-0.39, 0.29) is 10.9 Å². The van der Waals surface area contributed by atoms with Crippen LogP contribution in [-0.2, 0) is 24.7 Å². The van der Waals surface area contributed by atoms with E-state index in [4.69, 9.17) is 0 Å². The Morgan fingerprint density at radius 3 is 3.04 bits per heavy atom. The molecule has 1 amide bonds. The number of aryl methyl sites for hydroxylation is 1. The van der Waals surface area contributed by atoms with Gasteiger partial charge in [0.1, 0.15) is 11.1 Å². The van der Waals surface area contributed by atoms with Crippen molar-refractivity contribution in [3.63, 3.8) is 0 Å². The number of fused-ring (bicyclic) bond motifs is 1. The molecule has 0 fully saturated rings. The summed E-state index contributed by atoms with van der Waals surface area (Å²) in [7, 11) is 1.58. The van der Waals surface area contributed by atoms with Gasteiger partial charge in [0.2, 0.25) is 5.91 Å². The maximum atomic E-state index is 12.5. The summed E-state index contributed by atoms with van der Waals surface area (Å²) in [4.78, 5) is 13.7. The monoisotopic (exact) mass is 378 g/mol. The molecule has 0 aliphatic heterocycles. The van der Waals surface area contributed by atoms with E-state index in [0.29, 0.717) is 16.5 Å². The lowest BCUT2D eigenvalue weighted by atomic mass is 9.89. The number of hydrogen-bond acceptors (Lipinski definition) is 7. The number of rotatable bonds is 4. The van der Waals surface area contributed by atoms with Crippen LogP contribution in [0.3, 0.4) is 0 Å². The zero-order valence-corrected chi connectivity index (χ0v) is 15.8. The van der Waals surface area contributed by atoms with Crippen LogP contribution in [0.1, 0.15) is 36.3 Å². The van der Waals surface area contributed by atoms with Gasteiger partial charge < -0.3 is 14.9 Å². The Bertz CT molecular complexity index is 833. The minimum atomic E-state index is -0.564. The quantitative estimate of drug-likeness (QED) is 0.642. The number of aromatic nitrogens is 2. The first kappa shape index (κ1) is 17.8. The van der Waals surface area contributed by atoms with Crippen LogP contribution in [0.15, 0.2) is 9.55 Å². The number of thiophene rings is 1. The second kappa shape index (κ2) is 7.06. The summed E-state index contributed by atoms with van der Waals surface area (Å²) in [5, 5.41) is 27.8. The minimum absolute atomic E-state index is 0.256. The molecule has 0 spiro atoms. The largest absolute Gasteiger partial charge is 0.538 e. The molecule has 2 aromatic rings. The van der Waals surface area contributed by atoms with E-state index in [1.54, 1.807) is 14.0 Å². The average molecular weight is 378 g/mol. The van der Waals surface area contributed by atoms with Crippen LogP contribution < -0.4 is 15.1 Å². The Morgan fingerprint density at radius 1 is 1.64 bits per heavy atom. The van der Waals surface area contributed by atoms with Gasteiger partial charge in [-0.15, -0.1) is 11.3 Å². The van der Waals surface area contributed by atoms with E-state index in [2.05, 4.69) is 28.1 Å². The number of nitrogens with zero attached hydrogens (tertiary/aromatic N) is 3. The van der Waals surface area contributed by atoms with E-state index in [9.17, 15) is 15.2 Å². The predicted octanol–water partition coefficient (Wildman–Crippen LogP) is 1.75. The SMILES string of the molecule is CC1CCc2c(sc(NC(=O)C(C)Sc3c([O-])on[n+]3C)c2C#N)C1. The molecule has 1 N–H and O–H groups in total. The summed E-state index contributed by atoms with van der Waals surface area (Å²) >= 11 is 2.57. The second-order valence-corrected chi connectivity index (χ2v) is 8.64. The molecule has 2 heterocycles. The number of carbonyl (C=O) groups excluding carboxylic acids is 1. The van der Waals surface area contributed by atoms with Crippen molar-refractivity contribution in [2.45, 2.75) is 43.4 Å². The van der Waals surface area contributed by atoms with Crippen molar-refractivity contribution in [2.24, 2.45) is 13.0 Å². The highest BCUT2D eigenvalue weighted by molar-refractivity contribution is 8.00. The van der Waals surface area contributed by atoms with Crippen molar-refractivity contribution in [1.82, 2.24) is 5.27 Å². The van der Waals surface area contributed by atoms with Crippen LogP contribution in [0.25, 0.3) is 0 Å². The molecule has 2 atom stereocenters. The lowest BCUT2D eigenvalue weighted by Crippen LogP contribution is -2.33. The lowest BCUT2D eigenvalue weighted by Gasteiger charge is -2.17. The van der Waals surface area contributed by atoms with Crippen LogP contribution in [0, 0.1) is 17.2 Å². The van der Waals surface area contributed by atoms with Crippen molar-refractivity contribution in [3.8, 4) is 12.0 Å². The molecule has 1 aliphatic rings. The van der Waals surface area contributed by atoms with Crippen LogP contribution in [0.4, 0.5) is 5.00 Å². The molecule has 3 rings (SSSR count). The Labute approximate surface area is 153 Å². The average Bonchev–Trinajstić information content (AvgIpc) is 3.07. The summed E-state index contributed by atoms with van der Waals surface area (Å²) in [6.07, 6.45) is 2.89. The van der Waals surface area contributed by atoms with E-state index >= 15 is 0 Å². The first-order chi connectivity index (χ1) is 11.9. The number of nitriles is 1. The number of hydrogen-bond donors (Lipinski definition) is 1. The van der Waals surface area contributed by atoms with Gasteiger partial charge in [0, 0.05) is 4.88 Å². The molecule has 25 heavy (non-hydrogen) atoms. The van der Waals surface area contributed by atoms with Gasteiger partial charge in [0.25, 0.3) is 5.03 Å². The topological polar surface area (TPSA) is 106 Å². The summed E-state index contributed by atoms with van der Waals surface area (Å²) in [5.41, 5.74) is 1.66. The Morgan fingerprint density at radius 2 is 2.40 bits per heavy atom. The van der Waals surface area contributed by atoms with Gasteiger partial charge in [-0.1, -0.05) is 11.6 Å². The molecule has 2 unspecified atom stereocenters. The molecule has 7 nitrogen and oxygen atoms in total. The molecule has 9 heteroatoms. The van der Waals surface area contributed by atoms with Crippen molar-refractivity contribution in [1.29, 1.82) is 5.26 Å². The molecule has 0 aromatic carbocycles. The van der Waals surface area contributed by atoms with Crippen LogP contribution >= 0.6 is 23.1 Å². The zero-order chi connectivity index (χ0) is 18.1. The van der Waals surface area contributed by atoms with E-state index in [0.717, 1.165) is 36.6 Å². The van der Waals surface area contributed by atoms with Gasteiger partial charge in [-0.25, -0.2) is 0 Å². The fourth-order valence-electron chi connectivity index (χ4n) is 2.82. The third-order valence-corrected chi connectivity index (χ3v) is 6.62. The number of nitrogens with one attached hydrogen (secondary N) is 1. The van der Waals surface area contributed by atoms with Gasteiger partial charge in [-0.2, -0.15) is 5.26 Å². The third kappa shape index (κ3) is 3.50. The molecule has 1 aliphatic carbocycles. The van der Waals surface area contributed by atoms with Crippen molar-refractivity contribution < 1.29 is 19.1 Å². The molecule has 0 saturated heterocycles. The summed E-state index contributed by atoms with van der Waals surface area (Å²) in [6.45, 7) is 3.90. The Balaban J connectivity index is 1.76. The van der Waals surface area contributed by atoms with Crippen LogP contribution in [-0.4, -0.2) is 16.4 Å². The molecule has 0 bridgehead atoms. The van der Waals surface area contributed by atoms with Crippen LogP contribution in [0.2, 0.25) is 0 Å². The first-order valence-corrected chi connectivity index (χ1v) is 9.65. The van der Waals surface area contributed by atoms with E-state index in [1.807, 2.05) is 0 Å². The second-order valence-electron chi connectivity index (χ2n) is 6.21. The highest BCUT2D eigenvalue weighted by Gasteiger charge is 2.27. The molecule has 132 valence electrons. The fraction of sp³-hybridized carbons (Fsp3) is 0.500. The number of thioether (sulfide) groups is 1. The zero-order valence-electron chi connectivity index (χ0n) is 14.2. The van der Waals surface area contributed by atoms with Gasteiger partial charge in [-0.05, 0) is 49.4 Å². The standard InChI is InChI=1S/C16H18N4O3S2/c1-8-4-5-10-11(7-17)14(25-12(10)6-8)18-13(21)9(2)24-15-16(22)23-19-20(15)3/h8-9H,4-6H2,1-3H3,(H-,18,19,21,22). The first-order valence-electron chi connectivity index (χ1n) is 7.95. The Kier molecular flexibility index (Phi) is 5.01.